The molecule has 1 radical (unpaired) electrons. The van der Waals surface area contributed by atoms with Crippen molar-refractivity contribution >= 4 is 41.3 Å². The van der Waals surface area contributed by atoms with E-state index in [2.05, 4.69) is 0 Å². The quantitative estimate of drug-likeness (QED) is 0.472. The van der Waals surface area contributed by atoms with Crippen molar-refractivity contribution in [3.05, 3.63) is 0 Å². The number of Topliss-reactive ketones (excluding diaryl/α,β-unsaturated/α-hetero) is 1. The topological polar surface area (TPSA) is 54.4 Å². The molecule has 10 heavy (non-hydrogen) atoms. The Morgan fingerprint density at radius 2 is 2.20 bits per heavy atom. The molecule has 0 bridgehead atoms. The molecule has 0 aromatic rings. The zero-order valence-electron chi connectivity index (χ0n) is 9.05. The first-order valence-corrected chi connectivity index (χ1v) is 2.51. The molecule has 0 aliphatic carbocycles. The van der Waals surface area contributed by atoms with Gasteiger partial charge in [0.2, 0.25) is 5.78 Å². The fourth-order valence-corrected chi connectivity index (χ4v) is 0.365. The van der Waals surface area contributed by atoms with E-state index in [1.807, 2.05) is 0 Å². The summed E-state index contributed by atoms with van der Waals surface area (Å²) in [5.41, 5.74) is 0. The maximum atomic E-state index is 10.6. The predicted molar refractivity (Wildman–Crippen MR) is 37.9 cm³/mol. The molecule has 0 aliphatic rings. The van der Waals surface area contributed by atoms with E-state index in [9.17, 15) is 9.59 Å². The molecular formula is C6H10NaO3. The van der Waals surface area contributed by atoms with Crippen molar-refractivity contribution in [3.8, 4) is 0 Å². The van der Waals surface area contributed by atoms with Crippen LogP contribution in [0.25, 0.3) is 0 Å². The van der Waals surface area contributed by atoms with Crippen molar-refractivity contribution in [1.29, 1.82) is 0 Å². The zero-order chi connectivity index (χ0) is 9.94. The number of ketones is 1. The van der Waals surface area contributed by atoms with E-state index < -0.39 is 30.9 Å². The molecule has 0 aromatic heterocycles. The fourth-order valence-electron chi connectivity index (χ4n) is 0.365. The fraction of sp³-hybridized carbons (Fsp3) is 0.667. The maximum absolute atomic E-state index is 10.6. The molecule has 0 aliphatic heterocycles. The van der Waals surface area contributed by atoms with Crippen molar-refractivity contribution in [2.45, 2.75) is 20.2 Å². The van der Waals surface area contributed by atoms with Gasteiger partial charge in [0.05, 0.1) is 0 Å². The van der Waals surface area contributed by atoms with Gasteiger partial charge in [-0.2, -0.15) is 0 Å². The van der Waals surface area contributed by atoms with Crippen LogP contribution < -0.4 is 0 Å². The second-order valence-corrected chi connectivity index (χ2v) is 1.83. The number of carboxylic acid groups (broad SMARTS) is 1. The average molecular weight is 156 g/mol. The minimum atomic E-state index is -2.26. The molecule has 0 aromatic carbocycles. The molecule has 53 valence electrons. The summed E-state index contributed by atoms with van der Waals surface area (Å²) >= 11 is 0. The first-order chi connectivity index (χ1) is 5.25. The van der Waals surface area contributed by atoms with E-state index in [1.54, 1.807) is 0 Å². The molecular weight excluding hydrogens is 143 g/mol. The summed E-state index contributed by atoms with van der Waals surface area (Å²) in [5, 5.41) is 8.16. The molecule has 1 unspecified atom stereocenters. The van der Waals surface area contributed by atoms with Gasteiger partial charge < -0.3 is 5.11 Å². The zero-order valence-corrected chi connectivity index (χ0v) is 8.05. The van der Waals surface area contributed by atoms with Gasteiger partial charge in [-0.05, 0) is 5.92 Å². The van der Waals surface area contributed by atoms with Crippen molar-refractivity contribution in [2.75, 3.05) is 0 Å². The third-order valence-corrected chi connectivity index (χ3v) is 0.730. The van der Waals surface area contributed by atoms with E-state index in [4.69, 9.17) is 9.22 Å². The molecule has 0 saturated carbocycles. The third kappa shape index (κ3) is 6.26. The van der Waals surface area contributed by atoms with Crippen LogP contribution in [-0.2, 0) is 9.59 Å². The number of hydrogen-bond acceptors (Lipinski definition) is 2. The van der Waals surface area contributed by atoms with Gasteiger partial charge in [-0.3, -0.25) is 4.79 Å². The van der Waals surface area contributed by atoms with Crippen LogP contribution in [0.5, 0.6) is 0 Å². The van der Waals surface area contributed by atoms with Crippen LogP contribution in [0.4, 0.5) is 0 Å². The first kappa shape index (κ1) is 6.83. The number of carbonyl (C=O) groups is 2. The summed E-state index contributed by atoms with van der Waals surface area (Å²) < 4.78 is 20.6. The van der Waals surface area contributed by atoms with Crippen molar-refractivity contribution < 1.29 is 18.8 Å². The van der Waals surface area contributed by atoms with Crippen molar-refractivity contribution in [2.24, 2.45) is 5.92 Å². The summed E-state index contributed by atoms with van der Waals surface area (Å²) in [7, 11) is 0. The average Bonchev–Trinajstić information content (AvgIpc) is 1.85. The number of rotatable bonds is 3. The van der Waals surface area contributed by atoms with Gasteiger partial charge in [0.15, 0.2) is 0 Å². The normalized spacial score (nSPS) is 17.1. The Bertz CT molecular complexity index is 202. The van der Waals surface area contributed by atoms with E-state index in [0.29, 0.717) is 0 Å². The summed E-state index contributed by atoms with van der Waals surface area (Å²) in [6, 6.07) is 0. The predicted octanol–water partition coefficient (Wildman–Crippen LogP) is 0.305. The van der Waals surface area contributed by atoms with Gasteiger partial charge in [0, 0.05) is 40.1 Å². The van der Waals surface area contributed by atoms with E-state index >= 15 is 0 Å². The van der Waals surface area contributed by atoms with Gasteiger partial charge in [0.1, 0.15) is 0 Å². The van der Waals surface area contributed by atoms with Crippen LogP contribution in [0, 0.1) is 5.92 Å². The Balaban J connectivity index is 0. The van der Waals surface area contributed by atoms with E-state index in [1.165, 1.54) is 6.92 Å². The Hall–Kier alpha value is 0.140. The summed E-state index contributed by atoms with van der Waals surface area (Å²) in [4.78, 5) is 20.6. The first-order valence-electron chi connectivity index (χ1n) is 4.01. The van der Waals surface area contributed by atoms with Crippen LogP contribution in [0.2, 0.25) is 0 Å². The van der Waals surface area contributed by atoms with Gasteiger partial charge in [-0.25, -0.2) is 4.79 Å². The van der Waals surface area contributed by atoms with Crippen LogP contribution in [0.1, 0.15) is 24.3 Å². The number of aliphatic carboxylic acids is 1. The van der Waals surface area contributed by atoms with Crippen LogP contribution >= 0.6 is 0 Å². The summed E-state index contributed by atoms with van der Waals surface area (Å²) in [6.07, 6.45) is -0.439. The van der Waals surface area contributed by atoms with Gasteiger partial charge >= 0.3 is 5.97 Å². The number of carboxylic acids is 1. The van der Waals surface area contributed by atoms with E-state index in [-0.39, 0.29) is 29.6 Å². The van der Waals surface area contributed by atoms with E-state index in [0.717, 1.165) is 0 Å². The molecule has 0 heterocycles. The third-order valence-electron chi connectivity index (χ3n) is 0.730. The molecule has 0 saturated heterocycles. The molecule has 0 amide bonds. The number of carbonyl (C=O) groups excluding carboxylic acids is 1. The minimum absolute atomic E-state index is 0. The minimum Gasteiger partial charge on any atom is -0.476 e. The molecule has 0 rings (SSSR count). The van der Waals surface area contributed by atoms with Crippen molar-refractivity contribution in [1.82, 2.24) is 0 Å². The Labute approximate surface area is 86.3 Å². The molecule has 1 N–H and O–H groups in total. The smallest absolute Gasteiger partial charge is 0.372 e. The Morgan fingerprint density at radius 1 is 1.70 bits per heavy atom. The van der Waals surface area contributed by atoms with Gasteiger partial charge in [-0.1, -0.05) is 13.8 Å². The van der Waals surface area contributed by atoms with Crippen molar-refractivity contribution in [3.63, 3.8) is 0 Å². The number of hydrogen-bond donors (Lipinski definition) is 1. The van der Waals surface area contributed by atoms with Gasteiger partial charge in [-0.15, -0.1) is 0 Å². The molecule has 0 fully saturated rings. The second kappa shape index (κ2) is 5.89. The maximum Gasteiger partial charge on any atom is 0.372 e. The summed E-state index contributed by atoms with van der Waals surface area (Å²) in [5.74, 6) is -3.54. The van der Waals surface area contributed by atoms with Crippen LogP contribution in [0.3, 0.4) is 0 Å². The Kier molecular flexibility index (Phi) is 4.02. The second-order valence-electron chi connectivity index (χ2n) is 1.83. The standard InChI is InChI=1S/C6H10O3.Na/c1-4(2)3-5(7)6(8)9;/h4H,3H2,1-2H3,(H,8,9);/i1D3;. The van der Waals surface area contributed by atoms with Crippen LogP contribution in [0.15, 0.2) is 0 Å². The molecule has 0 spiro atoms. The Morgan fingerprint density at radius 3 is 2.50 bits per heavy atom. The molecule has 3 nitrogen and oxygen atoms in total. The molecule has 1 atom stereocenters. The van der Waals surface area contributed by atoms with Crippen LogP contribution in [-0.4, -0.2) is 46.4 Å². The van der Waals surface area contributed by atoms with Gasteiger partial charge in [0.25, 0.3) is 0 Å². The summed E-state index contributed by atoms with van der Waals surface area (Å²) in [6.45, 7) is -0.932. The monoisotopic (exact) mass is 156 g/mol. The molecule has 4 heteroatoms. The largest absolute Gasteiger partial charge is 0.476 e. The SMILES string of the molecule is [2H]C([2H])([2H])C(C)CC(=O)C(=O)O.[Na].